The zero-order valence-corrected chi connectivity index (χ0v) is 21.9. The van der Waals surface area contributed by atoms with Crippen LogP contribution in [-0.2, 0) is 19.1 Å². The molecule has 8 heteroatoms. The largest absolute Gasteiger partial charge is 0.458 e. The molecule has 34 heavy (non-hydrogen) atoms. The lowest BCUT2D eigenvalue weighted by Gasteiger charge is -2.34. The van der Waals surface area contributed by atoms with Gasteiger partial charge in [-0.15, -0.1) is 11.3 Å². The zero-order chi connectivity index (χ0) is 25.2. The summed E-state index contributed by atoms with van der Waals surface area (Å²) in [5, 5.41) is 24.5. The topological polar surface area (TPSA) is 109 Å². The first-order chi connectivity index (χ1) is 15.9. The number of ketones is 1. The van der Waals surface area contributed by atoms with Gasteiger partial charge in [0, 0.05) is 17.7 Å². The second-order valence-electron chi connectivity index (χ2n) is 10.6. The van der Waals surface area contributed by atoms with E-state index in [0.717, 1.165) is 35.5 Å². The van der Waals surface area contributed by atoms with E-state index in [2.05, 4.69) is 4.98 Å². The molecule has 0 radical (unpaired) electrons. The average molecular weight is 494 g/mol. The van der Waals surface area contributed by atoms with Crippen molar-refractivity contribution < 1.29 is 29.3 Å². The molecule has 1 aromatic heterocycles. The molecule has 0 saturated carbocycles. The molecule has 1 aromatic rings. The average Bonchev–Trinajstić information content (AvgIpc) is 3.38. The number of aryl methyl sites for hydroxylation is 1. The minimum Gasteiger partial charge on any atom is -0.458 e. The molecule has 0 amide bonds. The van der Waals surface area contributed by atoms with Crippen molar-refractivity contribution in [1.29, 1.82) is 0 Å². The van der Waals surface area contributed by atoms with Gasteiger partial charge < -0.3 is 19.7 Å². The van der Waals surface area contributed by atoms with Crippen LogP contribution in [0.15, 0.2) is 11.0 Å². The quantitative estimate of drug-likeness (QED) is 0.472. The van der Waals surface area contributed by atoms with Crippen LogP contribution in [0, 0.1) is 24.2 Å². The Bertz CT molecular complexity index is 909. The van der Waals surface area contributed by atoms with E-state index in [1.807, 2.05) is 32.2 Å². The number of hydrogen-bond acceptors (Lipinski definition) is 8. The molecule has 3 rings (SSSR count). The summed E-state index contributed by atoms with van der Waals surface area (Å²) in [7, 11) is 0. The fourth-order valence-electron chi connectivity index (χ4n) is 4.78. The van der Waals surface area contributed by atoms with Crippen molar-refractivity contribution in [2.24, 2.45) is 17.3 Å². The molecule has 2 aliphatic heterocycles. The summed E-state index contributed by atoms with van der Waals surface area (Å²) in [4.78, 5) is 30.5. The normalized spacial score (nSPS) is 36.0. The summed E-state index contributed by atoms with van der Waals surface area (Å²) in [6, 6.07) is 0. The second kappa shape index (κ2) is 11.0. The zero-order valence-electron chi connectivity index (χ0n) is 21.1. The van der Waals surface area contributed by atoms with Crippen molar-refractivity contribution in [3.8, 4) is 0 Å². The first-order valence-corrected chi connectivity index (χ1v) is 13.1. The molecular formula is C26H39NO6S. The van der Waals surface area contributed by atoms with E-state index >= 15 is 0 Å². The van der Waals surface area contributed by atoms with Gasteiger partial charge >= 0.3 is 5.97 Å². The number of fused-ring (bicyclic) bond motifs is 1. The van der Waals surface area contributed by atoms with Crippen molar-refractivity contribution in [3.63, 3.8) is 0 Å². The maximum absolute atomic E-state index is 13.2. The highest BCUT2D eigenvalue weighted by Gasteiger charge is 2.44. The van der Waals surface area contributed by atoms with Gasteiger partial charge in [-0.3, -0.25) is 9.59 Å². The molecule has 0 aliphatic carbocycles. The van der Waals surface area contributed by atoms with E-state index < -0.39 is 35.6 Å². The number of carbonyl (C=O) groups is 2. The standard InChI is InChI=1S/C26H39NO6S/c1-14-8-7-9-19-21(32-19)11-20(15(2)10-18-13-34-17(4)27-18)33-23(29)12-22(28)26(5,6)25(31)16(3)24(14)30/h10,13-14,16,19-22,24,28,30H,7-9,11-12H2,1-6H3/t14-,16+,19-,20-,21?,22-,24-/m0/s1. The summed E-state index contributed by atoms with van der Waals surface area (Å²) >= 11 is 1.56. The molecule has 2 fully saturated rings. The van der Waals surface area contributed by atoms with Crippen LogP contribution in [0.2, 0.25) is 0 Å². The van der Waals surface area contributed by atoms with Gasteiger partial charge in [-0.25, -0.2) is 4.98 Å². The van der Waals surface area contributed by atoms with E-state index in [0.29, 0.717) is 6.42 Å². The Labute approximate surface area is 206 Å². The molecule has 7 nitrogen and oxygen atoms in total. The molecule has 0 spiro atoms. The van der Waals surface area contributed by atoms with E-state index in [4.69, 9.17) is 9.47 Å². The minimum atomic E-state index is -1.22. The van der Waals surface area contributed by atoms with Crippen LogP contribution in [0.1, 0.15) is 77.4 Å². The third kappa shape index (κ3) is 6.53. The highest BCUT2D eigenvalue weighted by Crippen LogP contribution is 2.36. The molecule has 3 heterocycles. The van der Waals surface area contributed by atoms with E-state index in [1.54, 1.807) is 32.1 Å². The van der Waals surface area contributed by atoms with Crippen molar-refractivity contribution in [2.45, 2.75) is 104 Å². The molecule has 7 atom stereocenters. The number of aliphatic hydroxyl groups is 2. The highest BCUT2D eigenvalue weighted by molar-refractivity contribution is 7.09. The highest BCUT2D eigenvalue weighted by atomic mass is 32.1. The number of nitrogens with zero attached hydrogens (tertiary/aromatic N) is 1. The summed E-state index contributed by atoms with van der Waals surface area (Å²) in [6.45, 7) is 10.8. The van der Waals surface area contributed by atoms with E-state index in [-0.39, 0.29) is 30.3 Å². The van der Waals surface area contributed by atoms with Crippen LogP contribution in [-0.4, -0.2) is 57.5 Å². The van der Waals surface area contributed by atoms with Crippen LogP contribution < -0.4 is 0 Å². The first-order valence-electron chi connectivity index (χ1n) is 12.3. The maximum Gasteiger partial charge on any atom is 0.309 e. The van der Waals surface area contributed by atoms with Crippen LogP contribution in [0.25, 0.3) is 6.08 Å². The van der Waals surface area contributed by atoms with Crippen LogP contribution in [0.5, 0.6) is 0 Å². The number of ether oxygens (including phenoxy) is 2. The Morgan fingerprint density at radius 3 is 2.56 bits per heavy atom. The summed E-state index contributed by atoms with van der Waals surface area (Å²) < 4.78 is 11.7. The molecule has 2 aliphatic rings. The van der Waals surface area contributed by atoms with Crippen molar-refractivity contribution >= 4 is 29.2 Å². The Morgan fingerprint density at radius 2 is 1.91 bits per heavy atom. The van der Waals surface area contributed by atoms with Crippen LogP contribution in [0.4, 0.5) is 0 Å². The number of epoxide rings is 1. The number of rotatable bonds is 2. The fourth-order valence-corrected chi connectivity index (χ4v) is 5.35. The monoisotopic (exact) mass is 493 g/mol. The lowest BCUT2D eigenvalue weighted by molar-refractivity contribution is -0.154. The number of hydrogen-bond donors (Lipinski definition) is 2. The van der Waals surface area contributed by atoms with Crippen LogP contribution >= 0.6 is 11.3 Å². The van der Waals surface area contributed by atoms with Gasteiger partial charge in [0.1, 0.15) is 11.9 Å². The third-order valence-corrected chi connectivity index (χ3v) is 8.20. The predicted molar refractivity (Wildman–Crippen MR) is 131 cm³/mol. The second-order valence-corrected chi connectivity index (χ2v) is 11.7. The fraction of sp³-hybridized carbons (Fsp3) is 0.731. The van der Waals surface area contributed by atoms with Gasteiger partial charge in [0.05, 0.1) is 47.0 Å². The Kier molecular flexibility index (Phi) is 8.71. The molecule has 1 unspecified atom stereocenters. The van der Waals surface area contributed by atoms with Gasteiger partial charge in [0.15, 0.2) is 0 Å². The molecule has 0 bridgehead atoms. The number of esters is 1. The number of thiazole rings is 1. The van der Waals surface area contributed by atoms with Crippen molar-refractivity contribution in [1.82, 2.24) is 4.98 Å². The van der Waals surface area contributed by atoms with Gasteiger partial charge in [-0.2, -0.15) is 0 Å². The number of aliphatic hydroxyl groups excluding tert-OH is 2. The van der Waals surface area contributed by atoms with Gasteiger partial charge in [0.2, 0.25) is 0 Å². The first kappa shape index (κ1) is 27.0. The Hall–Kier alpha value is -1.61. The number of aromatic nitrogens is 1. The van der Waals surface area contributed by atoms with Crippen molar-refractivity contribution in [3.05, 3.63) is 21.7 Å². The van der Waals surface area contributed by atoms with E-state index in [9.17, 15) is 19.8 Å². The summed E-state index contributed by atoms with van der Waals surface area (Å²) in [5.74, 6) is -1.52. The van der Waals surface area contributed by atoms with Gasteiger partial charge in [0.25, 0.3) is 0 Å². The predicted octanol–water partition coefficient (Wildman–Crippen LogP) is 4.09. The number of carbonyl (C=O) groups excluding carboxylic acids is 2. The van der Waals surface area contributed by atoms with Crippen molar-refractivity contribution in [2.75, 3.05) is 0 Å². The molecule has 0 aromatic carbocycles. The SMILES string of the molecule is CC(=Cc1csc(C)n1)[C@@H]1CC2O[C@H]2CCC[C@H](C)[C@H](O)[C@@H](C)C(=O)C(C)(C)[C@@H](O)CC(=O)O1. The summed E-state index contributed by atoms with van der Waals surface area (Å²) in [5.41, 5.74) is 0.494. The molecular weight excluding hydrogens is 454 g/mol. The third-order valence-electron chi connectivity index (χ3n) is 7.41. The smallest absolute Gasteiger partial charge is 0.309 e. The molecule has 2 saturated heterocycles. The number of Topliss-reactive ketones (excluding diaryl/α,β-unsaturated/α-hetero) is 1. The lowest BCUT2D eigenvalue weighted by Crippen LogP contribution is -2.45. The molecule has 190 valence electrons. The number of cyclic esters (lactones) is 1. The van der Waals surface area contributed by atoms with Crippen LogP contribution in [0.3, 0.4) is 0 Å². The van der Waals surface area contributed by atoms with Gasteiger partial charge in [-0.1, -0.05) is 34.1 Å². The Balaban J connectivity index is 1.81. The lowest BCUT2D eigenvalue weighted by atomic mass is 9.73. The molecule has 2 N–H and O–H groups in total. The van der Waals surface area contributed by atoms with E-state index in [1.165, 1.54) is 0 Å². The Morgan fingerprint density at radius 1 is 1.21 bits per heavy atom. The minimum absolute atomic E-state index is 0.00770. The summed E-state index contributed by atoms with van der Waals surface area (Å²) in [6.07, 6.45) is 2.28. The maximum atomic E-state index is 13.2. The van der Waals surface area contributed by atoms with Gasteiger partial charge in [-0.05, 0) is 44.3 Å².